The minimum Gasteiger partial charge on any atom is -0.469 e. The zero-order chi connectivity index (χ0) is 16.2. The minimum atomic E-state index is -0.136. The van der Waals surface area contributed by atoms with Crippen LogP contribution in [-0.4, -0.2) is 32.2 Å². The van der Waals surface area contributed by atoms with E-state index in [4.69, 9.17) is 4.74 Å². The van der Waals surface area contributed by atoms with Gasteiger partial charge in [0.05, 0.1) is 13.0 Å². The number of hydrogen-bond acceptors (Lipinski definition) is 4. The van der Waals surface area contributed by atoms with Crippen molar-refractivity contribution >= 4 is 11.7 Å². The standard InChI is InChI=1S/C19H28N2O2/c1-13(19(22)23-2)11-14-3-4-15-5-6-17(21-18(15)12-14)16-7-9-20-10-8-16/h3-4,12-13,16-17,20-21H,5-11H2,1-2H3. The summed E-state index contributed by atoms with van der Waals surface area (Å²) >= 11 is 0. The van der Waals surface area contributed by atoms with E-state index in [1.165, 1.54) is 43.2 Å². The molecular formula is C19H28N2O2. The van der Waals surface area contributed by atoms with Gasteiger partial charge in [0, 0.05) is 11.7 Å². The number of benzene rings is 1. The Kier molecular flexibility index (Phi) is 5.21. The highest BCUT2D eigenvalue weighted by Crippen LogP contribution is 2.32. The molecule has 1 aromatic carbocycles. The molecule has 0 saturated carbocycles. The van der Waals surface area contributed by atoms with Crippen molar-refractivity contribution in [3.63, 3.8) is 0 Å². The molecule has 1 aromatic rings. The second-order valence-electron chi connectivity index (χ2n) is 7.00. The van der Waals surface area contributed by atoms with E-state index in [0.29, 0.717) is 6.04 Å². The second kappa shape index (κ2) is 7.35. The fraction of sp³-hybridized carbons (Fsp3) is 0.632. The summed E-state index contributed by atoms with van der Waals surface area (Å²) in [4.78, 5) is 11.6. The summed E-state index contributed by atoms with van der Waals surface area (Å²) < 4.78 is 4.83. The Hall–Kier alpha value is -1.55. The number of carbonyl (C=O) groups excluding carboxylic acids is 1. The topological polar surface area (TPSA) is 50.4 Å². The van der Waals surface area contributed by atoms with Gasteiger partial charge in [0.25, 0.3) is 0 Å². The predicted molar refractivity (Wildman–Crippen MR) is 92.7 cm³/mol. The van der Waals surface area contributed by atoms with Crippen molar-refractivity contribution in [2.75, 3.05) is 25.5 Å². The molecular weight excluding hydrogens is 288 g/mol. The molecule has 23 heavy (non-hydrogen) atoms. The molecule has 4 heteroatoms. The van der Waals surface area contributed by atoms with Crippen molar-refractivity contribution in [3.8, 4) is 0 Å². The number of fused-ring (bicyclic) bond motifs is 1. The van der Waals surface area contributed by atoms with Crippen molar-refractivity contribution in [1.82, 2.24) is 5.32 Å². The number of esters is 1. The lowest BCUT2D eigenvalue weighted by molar-refractivity contribution is -0.144. The molecule has 2 aliphatic rings. The maximum absolute atomic E-state index is 11.6. The first kappa shape index (κ1) is 16.3. The molecule has 0 radical (unpaired) electrons. The summed E-state index contributed by atoms with van der Waals surface area (Å²) in [6, 6.07) is 7.21. The normalized spacial score (nSPS) is 22.8. The first-order valence-electron chi connectivity index (χ1n) is 8.84. The molecule has 3 rings (SSSR count). The number of rotatable bonds is 4. The summed E-state index contributed by atoms with van der Waals surface area (Å²) in [5.41, 5.74) is 3.89. The molecule has 4 nitrogen and oxygen atoms in total. The van der Waals surface area contributed by atoms with Gasteiger partial charge in [0.1, 0.15) is 0 Å². The number of methoxy groups -OCH3 is 1. The van der Waals surface area contributed by atoms with Crippen molar-refractivity contribution in [2.45, 2.75) is 45.1 Å². The first-order chi connectivity index (χ1) is 11.2. The average Bonchev–Trinajstić information content (AvgIpc) is 2.61. The van der Waals surface area contributed by atoms with Gasteiger partial charge in [-0.25, -0.2) is 0 Å². The maximum Gasteiger partial charge on any atom is 0.308 e. The number of piperidine rings is 1. The molecule has 2 aliphatic heterocycles. The number of carbonyl (C=O) groups is 1. The number of hydrogen-bond donors (Lipinski definition) is 2. The Labute approximate surface area is 139 Å². The molecule has 2 atom stereocenters. The number of nitrogens with one attached hydrogen (secondary N) is 2. The lowest BCUT2D eigenvalue weighted by Gasteiger charge is -2.36. The molecule has 0 bridgehead atoms. The first-order valence-corrected chi connectivity index (χ1v) is 8.84. The van der Waals surface area contributed by atoms with Crippen LogP contribution in [0.3, 0.4) is 0 Å². The summed E-state index contributed by atoms with van der Waals surface area (Å²) in [6.07, 6.45) is 5.66. The summed E-state index contributed by atoms with van der Waals surface area (Å²) in [7, 11) is 1.46. The summed E-state index contributed by atoms with van der Waals surface area (Å²) in [5, 5.41) is 7.23. The monoisotopic (exact) mass is 316 g/mol. The van der Waals surface area contributed by atoms with Gasteiger partial charge in [-0.2, -0.15) is 0 Å². The van der Waals surface area contributed by atoms with Gasteiger partial charge in [0.2, 0.25) is 0 Å². The quantitative estimate of drug-likeness (QED) is 0.839. The smallest absolute Gasteiger partial charge is 0.308 e. The highest BCUT2D eigenvalue weighted by atomic mass is 16.5. The minimum absolute atomic E-state index is 0.0955. The van der Waals surface area contributed by atoms with Gasteiger partial charge in [-0.15, -0.1) is 0 Å². The lowest BCUT2D eigenvalue weighted by atomic mass is 9.83. The van der Waals surface area contributed by atoms with Crippen molar-refractivity contribution < 1.29 is 9.53 Å². The van der Waals surface area contributed by atoms with Crippen LogP contribution in [0.25, 0.3) is 0 Å². The van der Waals surface area contributed by atoms with Crippen LogP contribution in [0.5, 0.6) is 0 Å². The predicted octanol–water partition coefficient (Wildman–Crippen LogP) is 2.76. The van der Waals surface area contributed by atoms with Gasteiger partial charge < -0.3 is 15.4 Å². The fourth-order valence-corrected chi connectivity index (χ4v) is 3.92. The lowest BCUT2D eigenvalue weighted by Crippen LogP contribution is -2.39. The van der Waals surface area contributed by atoms with Gasteiger partial charge in [-0.1, -0.05) is 19.1 Å². The molecule has 126 valence electrons. The van der Waals surface area contributed by atoms with E-state index in [0.717, 1.165) is 31.8 Å². The van der Waals surface area contributed by atoms with Crippen molar-refractivity contribution in [1.29, 1.82) is 0 Å². The largest absolute Gasteiger partial charge is 0.469 e. The van der Waals surface area contributed by atoms with E-state index in [2.05, 4.69) is 28.8 Å². The van der Waals surface area contributed by atoms with Crippen LogP contribution in [0.15, 0.2) is 18.2 Å². The Bertz CT molecular complexity index is 552. The summed E-state index contributed by atoms with van der Waals surface area (Å²) in [5.74, 6) is 0.548. The molecule has 0 aromatic heterocycles. The Balaban J connectivity index is 1.68. The third kappa shape index (κ3) is 3.86. The van der Waals surface area contributed by atoms with Crippen LogP contribution in [0, 0.1) is 11.8 Å². The Morgan fingerprint density at radius 1 is 1.30 bits per heavy atom. The Morgan fingerprint density at radius 3 is 2.83 bits per heavy atom. The van der Waals surface area contributed by atoms with Crippen molar-refractivity contribution in [3.05, 3.63) is 29.3 Å². The number of anilines is 1. The van der Waals surface area contributed by atoms with Gasteiger partial charge in [0.15, 0.2) is 0 Å². The maximum atomic E-state index is 11.6. The van der Waals surface area contributed by atoms with Gasteiger partial charge in [-0.3, -0.25) is 4.79 Å². The molecule has 1 fully saturated rings. The fourth-order valence-electron chi connectivity index (χ4n) is 3.92. The zero-order valence-electron chi connectivity index (χ0n) is 14.2. The molecule has 0 aliphatic carbocycles. The molecule has 1 saturated heterocycles. The molecule has 0 spiro atoms. The van der Waals surface area contributed by atoms with Crippen LogP contribution in [0.2, 0.25) is 0 Å². The van der Waals surface area contributed by atoms with Crippen LogP contribution in [-0.2, 0) is 22.4 Å². The van der Waals surface area contributed by atoms with Crippen LogP contribution >= 0.6 is 0 Å². The highest BCUT2D eigenvalue weighted by Gasteiger charge is 2.27. The zero-order valence-corrected chi connectivity index (χ0v) is 14.2. The van der Waals surface area contributed by atoms with E-state index in [1.807, 2.05) is 6.92 Å². The third-order valence-corrected chi connectivity index (χ3v) is 5.34. The van der Waals surface area contributed by atoms with Crippen LogP contribution in [0.1, 0.15) is 37.3 Å². The van der Waals surface area contributed by atoms with Crippen molar-refractivity contribution in [2.24, 2.45) is 11.8 Å². The Morgan fingerprint density at radius 2 is 2.09 bits per heavy atom. The second-order valence-corrected chi connectivity index (χ2v) is 7.00. The van der Waals surface area contributed by atoms with E-state index < -0.39 is 0 Å². The molecule has 2 N–H and O–H groups in total. The third-order valence-electron chi connectivity index (χ3n) is 5.34. The van der Waals surface area contributed by atoms with E-state index in [-0.39, 0.29) is 11.9 Å². The van der Waals surface area contributed by atoms with Crippen LogP contribution < -0.4 is 10.6 Å². The summed E-state index contributed by atoms with van der Waals surface area (Å²) in [6.45, 7) is 4.22. The number of aryl methyl sites for hydroxylation is 1. The molecule has 2 unspecified atom stereocenters. The molecule has 0 amide bonds. The number of ether oxygens (including phenoxy) is 1. The van der Waals surface area contributed by atoms with Gasteiger partial charge in [-0.05, 0) is 68.3 Å². The molecule has 2 heterocycles. The van der Waals surface area contributed by atoms with Crippen LogP contribution in [0.4, 0.5) is 5.69 Å². The highest BCUT2D eigenvalue weighted by molar-refractivity contribution is 5.72. The van der Waals surface area contributed by atoms with E-state index >= 15 is 0 Å². The average molecular weight is 316 g/mol. The van der Waals surface area contributed by atoms with E-state index in [9.17, 15) is 4.79 Å². The van der Waals surface area contributed by atoms with Gasteiger partial charge >= 0.3 is 5.97 Å². The van der Waals surface area contributed by atoms with E-state index in [1.54, 1.807) is 0 Å². The SMILES string of the molecule is COC(=O)C(C)Cc1ccc2c(c1)NC(C1CCNCC1)CC2.